The van der Waals surface area contributed by atoms with Gasteiger partial charge in [-0.25, -0.2) is 0 Å². The third-order valence-corrected chi connectivity index (χ3v) is 4.58. The molecule has 0 amide bonds. The predicted octanol–water partition coefficient (Wildman–Crippen LogP) is 2.18. The molecule has 1 unspecified atom stereocenters. The Morgan fingerprint density at radius 1 is 1.33 bits per heavy atom. The number of aliphatic hydroxyl groups excluding tert-OH is 2. The van der Waals surface area contributed by atoms with Gasteiger partial charge in [0.1, 0.15) is 5.75 Å². The number of aryl methyl sites for hydroxylation is 1. The van der Waals surface area contributed by atoms with E-state index in [1.165, 1.54) is 12.8 Å². The lowest BCUT2D eigenvalue weighted by Gasteiger charge is -2.27. The van der Waals surface area contributed by atoms with E-state index >= 15 is 0 Å². The molecule has 2 rings (SSSR count). The van der Waals surface area contributed by atoms with Gasteiger partial charge in [0.25, 0.3) is 0 Å². The second-order valence-corrected chi connectivity index (χ2v) is 6.26. The van der Waals surface area contributed by atoms with Crippen molar-refractivity contribution in [2.45, 2.75) is 38.7 Å². The van der Waals surface area contributed by atoms with Crippen LogP contribution in [0.1, 0.15) is 42.9 Å². The Morgan fingerprint density at radius 3 is 2.67 bits per heavy atom. The molecule has 4 heteroatoms. The van der Waals surface area contributed by atoms with E-state index in [0.29, 0.717) is 12.3 Å². The van der Waals surface area contributed by atoms with Gasteiger partial charge in [-0.15, -0.1) is 0 Å². The molecule has 0 radical (unpaired) electrons. The van der Waals surface area contributed by atoms with Crippen molar-refractivity contribution in [3.8, 4) is 5.75 Å². The Hall–Kier alpha value is -1.10. The van der Waals surface area contributed by atoms with Crippen molar-refractivity contribution in [3.63, 3.8) is 0 Å². The maximum Gasteiger partial charge on any atom is 0.124 e. The molecule has 0 aromatic heterocycles. The number of ether oxygens (including phenoxy) is 1. The topological polar surface area (TPSA) is 61.7 Å². The molecular formula is C17H27NO3. The van der Waals surface area contributed by atoms with Gasteiger partial charge in [0.15, 0.2) is 0 Å². The van der Waals surface area contributed by atoms with Crippen LogP contribution in [-0.4, -0.2) is 37.0 Å². The molecule has 0 bridgehead atoms. The predicted molar refractivity (Wildman–Crippen MR) is 83.5 cm³/mol. The first-order valence-electron chi connectivity index (χ1n) is 7.74. The van der Waals surface area contributed by atoms with Crippen molar-refractivity contribution in [2.24, 2.45) is 5.41 Å². The first-order chi connectivity index (χ1) is 10.1. The number of hydrogen-bond donors (Lipinski definition) is 3. The molecule has 1 fully saturated rings. The molecule has 1 atom stereocenters. The average molecular weight is 293 g/mol. The van der Waals surface area contributed by atoms with Gasteiger partial charge < -0.3 is 20.3 Å². The fourth-order valence-electron chi connectivity index (χ4n) is 3.21. The average Bonchev–Trinajstić information content (AvgIpc) is 2.96. The molecule has 118 valence electrons. The van der Waals surface area contributed by atoms with Crippen LogP contribution >= 0.6 is 0 Å². The quantitative estimate of drug-likeness (QED) is 0.721. The van der Waals surface area contributed by atoms with Crippen LogP contribution in [0.3, 0.4) is 0 Å². The van der Waals surface area contributed by atoms with Crippen LogP contribution in [0.4, 0.5) is 0 Å². The van der Waals surface area contributed by atoms with Gasteiger partial charge in [-0.1, -0.05) is 24.5 Å². The van der Waals surface area contributed by atoms with E-state index in [0.717, 1.165) is 30.5 Å². The van der Waals surface area contributed by atoms with Crippen LogP contribution in [0.25, 0.3) is 0 Å². The highest BCUT2D eigenvalue weighted by molar-refractivity contribution is 5.38. The van der Waals surface area contributed by atoms with Crippen LogP contribution in [0.15, 0.2) is 18.2 Å². The maximum atomic E-state index is 10.4. The third kappa shape index (κ3) is 3.96. The Morgan fingerprint density at radius 2 is 2.05 bits per heavy atom. The van der Waals surface area contributed by atoms with Gasteiger partial charge in [0.05, 0.1) is 13.2 Å². The summed E-state index contributed by atoms with van der Waals surface area (Å²) in [6, 6.07) is 5.82. The minimum Gasteiger partial charge on any atom is -0.496 e. The summed E-state index contributed by atoms with van der Waals surface area (Å²) in [6.45, 7) is 3.46. The molecule has 0 spiro atoms. The summed E-state index contributed by atoms with van der Waals surface area (Å²) in [5, 5.41) is 23.3. The zero-order chi connectivity index (χ0) is 15.3. The molecule has 0 saturated heterocycles. The summed E-state index contributed by atoms with van der Waals surface area (Å²) in [4.78, 5) is 0. The van der Waals surface area contributed by atoms with E-state index in [2.05, 4.69) is 5.32 Å². The minimum absolute atomic E-state index is 0.0103. The lowest BCUT2D eigenvalue weighted by molar-refractivity contribution is 0.116. The molecule has 0 aliphatic heterocycles. The van der Waals surface area contributed by atoms with Gasteiger partial charge in [0.2, 0.25) is 0 Å². The fourth-order valence-corrected chi connectivity index (χ4v) is 3.21. The van der Waals surface area contributed by atoms with Crippen molar-refractivity contribution in [3.05, 3.63) is 29.3 Å². The van der Waals surface area contributed by atoms with Crippen LogP contribution in [0, 0.1) is 12.3 Å². The monoisotopic (exact) mass is 293 g/mol. The molecular weight excluding hydrogens is 266 g/mol. The fraction of sp³-hybridized carbons (Fsp3) is 0.647. The summed E-state index contributed by atoms with van der Waals surface area (Å²) in [6.07, 6.45) is 3.92. The second-order valence-electron chi connectivity index (χ2n) is 6.26. The number of nitrogens with one attached hydrogen (secondary N) is 1. The maximum absolute atomic E-state index is 10.4. The molecule has 3 N–H and O–H groups in total. The van der Waals surface area contributed by atoms with Crippen molar-refractivity contribution in [1.82, 2.24) is 5.32 Å². The Kier molecular flexibility index (Phi) is 5.62. The molecule has 1 aromatic rings. The van der Waals surface area contributed by atoms with Crippen molar-refractivity contribution < 1.29 is 14.9 Å². The normalized spacial score (nSPS) is 18.7. The van der Waals surface area contributed by atoms with E-state index in [-0.39, 0.29) is 12.0 Å². The Balaban J connectivity index is 1.92. The van der Waals surface area contributed by atoms with E-state index in [4.69, 9.17) is 4.74 Å². The zero-order valence-electron chi connectivity index (χ0n) is 13.1. The highest BCUT2D eigenvalue weighted by Crippen LogP contribution is 2.37. The molecule has 1 aromatic carbocycles. The highest BCUT2D eigenvalue weighted by atomic mass is 16.5. The summed E-state index contributed by atoms with van der Waals surface area (Å²) in [7, 11) is 1.62. The summed E-state index contributed by atoms with van der Waals surface area (Å²) in [5.41, 5.74) is 1.93. The summed E-state index contributed by atoms with van der Waals surface area (Å²) in [5.74, 6) is 0.715. The van der Waals surface area contributed by atoms with Gasteiger partial charge in [-0.3, -0.25) is 0 Å². The lowest BCUT2D eigenvalue weighted by Crippen LogP contribution is -2.37. The van der Waals surface area contributed by atoms with Gasteiger partial charge >= 0.3 is 0 Å². The second kappa shape index (κ2) is 7.25. The lowest BCUT2D eigenvalue weighted by atomic mass is 9.87. The summed E-state index contributed by atoms with van der Waals surface area (Å²) >= 11 is 0. The van der Waals surface area contributed by atoms with Gasteiger partial charge in [0, 0.05) is 30.7 Å². The standard InChI is InChI=1S/C17H27NO3/c1-13-5-6-16(21-2)14(9-13)15(20)10-18-11-17(12-19)7-3-4-8-17/h5-6,9,15,18-20H,3-4,7-8,10-12H2,1-2H3. The third-order valence-electron chi connectivity index (χ3n) is 4.58. The molecule has 4 nitrogen and oxygen atoms in total. The smallest absolute Gasteiger partial charge is 0.124 e. The van der Waals surface area contributed by atoms with Crippen molar-refractivity contribution in [1.29, 1.82) is 0 Å². The highest BCUT2D eigenvalue weighted by Gasteiger charge is 2.32. The molecule has 1 aliphatic rings. The van der Waals surface area contributed by atoms with Crippen LogP contribution < -0.4 is 10.1 Å². The van der Waals surface area contributed by atoms with Gasteiger partial charge in [-0.05, 0) is 31.9 Å². The zero-order valence-corrected chi connectivity index (χ0v) is 13.1. The number of rotatable bonds is 7. The van der Waals surface area contributed by atoms with Crippen molar-refractivity contribution in [2.75, 3.05) is 26.8 Å². The Bertz CT molecular complexity index is 455. The first-order valence-corrected chi connectivity index (χ1v) is 7.74. The van der Waals surface area contributed by atoms with E-state index in [9.17, 15) is 10.2 Å². The summed E-state index contributed by atoms with van der Waals surface area (Å²) < 4.78 is 5.31. The van der Waals surface area contributed by atoms with E-state index in [1.54, 1.807) is 7.11 Å². The number of benzene rings is 1. The van der Waals surface area contributed by atoms with Crippen LogP contribution in [0.2, 0.25) is 0 Å². The number of hydrogen-bond acceptors (Lipinski definition) is 4. The first kappa shape index (κ1) is 16.3. The Labute approximate surface area is 127 Å². The number of methoxy groups -OCH3 is 1. The molecule has 1 saturated carbocycles. The van der Waals surface area contributed by atoms with Crippen LogP contribution in [0.5, 0.6) is 5.75 Å². The largest absolute Gasteiger partial charge is 0.496 e. The van der Waals surface area contributed by atoms with E-state index < -0.39 is 6.10 Å². The van der Waals surface area contributed by atoms with Crippen LogP contribution in [-0.2, 0) is 0 Å². The van der Waals surface area contributed by atoms with E-state index in [1.807, 2.05) is 25.1 Å². The molecule has 0 heterocycles. The van der Waals surface area contributed by atoms with Gasteiger partial charge in [-0.2, -0.15) is 0 Å². The minimum atomic E-state index is -0.600. The molecule has 21 heavy (non-hydrogen) atoms. The molecule has 1 aliphatic carbocycles. The SMILES string of the molecule is COc1ccc(C)cc1C(O)CNCC1(CO)CCCC1. The number of aliphatic hydroxyl groups is 2. The van der Waals surface area contributed by atoms with Crippen molar-refractivity contribution >= 4 is 0 Å².